The molecule has 1 fully saturated rings. The molecular formula is C11H20N4O. The molecule has 2 rings (SSSR count). The fourth-order valence-corrected chi connectivity index (χ4v) is 2.00. The number of nitrogens with one attached hydrogen (secondary N) is 1. The summed E-state index contributed by atoms with van der Waals surface area (Å²) in [7, 11) is 0. The van der Waals surface area contributed by atoms with Gasteiger partial charge in [0.1, 0.15) is 0 Å². The van der Waals surface area contributed by atoms with Crippen LogP contribution in [0.2, 0.25) is 0 Å². The average Bonchev–Trinajstić information content (AvgIpc) is 2.61. The van der Waals surface area contributed by atoms with Gasteiger partial charge in [-0.3, -0.25) is 0 Å². The van der Waals surface area contributed by atoms with E-state index in [4.69, 9.17) is 5.11 Å². The second kappa shape index (κ2) is 5.41. The second-order valence-electron chi connectivity index (χ2n) is 4.56. The van der Waals surface area contributed by atoms with Crippen molar-refractivity contribution in [2.45, 2.75) is 45.3 Å². The largest absolute Gasteiger partial charge is 0.394 e. The molecular weight excluding hydrogens is 204 g/mol. The minimum Gasteiger partial charge on any atom is -0.394 e. The van der Waals surface area contributed by atoms with Crippen molar-refractivity contribution in [1.29, 1.82) is 0 Å². The first-order chi connectivity index (χ1) is 7.79. The molecule has 1 saturated carbocycles. The van der Waals surface area contributed by atoms with E-state index in [9.17, 15) is 0 Å². The molecule has 1 unspecified atom stereocenters. The molecule has 16 heavy (non-hydrogen) atoms. The zero-order chi connectivity index (χ0) is 11.4. The summed E-state index contributed by atoms with van der Waals surface area (Å²) in [5, 5.41) is 20.2. The molecule has 0 aromatic carbocycles. The molecule has 1 aromatic rings. The van der Waals surface area contributed by atoms with E-state index in [1.54, 1.807) is 4.68 Å². The van der Waals surface area contributed by atoms with Crippen LogP contribution in [0.5, 0.6) is 0 Å². The Kier molecular flexibility index (Phi) is 3.90. The Morgan fingerprint density at radius 3 is 3.06 bits per heavy atom. The molecule has 1 aliphatic carbocycles. The lowest BCUT2D eigenvalue weighted by Crippen LogP contribution is -2.36. The number of hydrogen-bond acceptors (Lipinski definition) is 4. The first kappa shape index (κ1) is 11.5. The number of hydrogen-bond donors (Lipinski definition) is 2. The van der Waals surface area contributed by atoms with Crippen LogP contribution in [0, 0.1) is 5.92 Å². The van der Waals surface area contributed by atoms with Crippen LogP contribution < -0.4 is 5.32 Å². The van der Waals surface area contributed by atoms with Crippen LogP contribution in [0.25, 0.3) is 0 Å². The first-order valence-electron chi connectivity index (χ1n) is 6.03. The second-order valence-corrected chi connectivity index (χ2v) is 4.56. The van der Waals surface area contributed by atoms with E-state index in [1.165, 1.54) is 19.3 Å². The lowest BCUT2D eigenvalue weighted by Gasteiger charge is -2.31. The van der Waals surface area contributed by atoms with Gasteiger partial charge < -0.3 is 10.4 Å². The zero-order valence-electron chi connectivity index (χ0n) is 9.76. The van der Waals surface area contributed by atoms with Crippen LogP contribution in [-0.2, 0) is 13.1 Å². The highest BCUT2D eigenvalue weighted by atomic mass is 16.3. The highest BCUT2D eigenvalue weighted by molar-refractivity contribution is 4.93. The number of aromatic nitrogens is 3. The summed E-state index contributed by atoms with van der Waals surface area (Å²) in [5.74, 6) is 0.840. The van der Waals surface area contributed by atoms with Crippen molar-refractivity contribution in [3.8, 4) is 0 Å². The van der Waals surface area contributed by atoms with Crippen molar-refractivity contribution in [2.24, 2.45) is 5.92 Å². The lowest BCUT2D eigenvalue weighted by molar-refractivity contribution is 0.239. The minimum absolute atomic E-state index is 0.106. The van der Waals surface area contributed by atoms with E-state index in [-0.39, 0.29) is 6.61 Å². The van der Waals surface area contributed by atoms with Gasteiger partial charge in [-0.1, -0.05) is 11.6 Å². The van der Waals surface area contributed by atoms with Crippen LogP contribution in [-0.4, -0.2) is 32.7 Å². The number of aliphatic hydroxyl groups excluding tert-OH is 1. The monoisotopic (exact) mass is 224 g/mol. The van der Waals surface area contributed by atoms with E-state index in [0.717, 1.165) is 18.2 Å². The van der Waals surface area contributed by atoms with Gasteiger partial charge in [0.15, 0.2) is 0 Å². The van der Waals surface area contributed by atoms with E-state index >= 15 is 0 Å². The molecule has 0 spiro atoms. The Bertz CT molecular complexity index is 322. The fraction of sp³-hybridized carbons (Fsp3) is 0.818. The van der Waals surface area contributed by atoms with Gasteiger partial charge in [-0.15, -0.1) is 5.10 Å². The maximum atomic E-state index is 8.76. The molecule has 1 aromatic heterocycles. The molecule has 90 valence electrons. The van der Waals surface area contributed by atoms with Crippen molar-refractivity contribution in [3.05, 3.63) is 11.9 Å². The predicted octanol–water partition coefficient (Wildman–Crippen LogP) is 0.549. The molecule has 0 aliphatic heterocycles. The third kappa shape index (κ3) is 2.80. The number of nitrogens with zero attached hydrogens (tertiary/aromatic N) is 3. The smallest absolute Gasteiger partial charge is 0.0964 e. The standard InChI is InChI=1S/C11H20N4O/c1-9(10-3-2-4-10)12-7-11-8-15(5-6-16)14-13-11/h8-10,12,16H,2-7H2,1H3. The van der Waals surface area contributed by atoms with Crippen molar-refractivity contribution in [3.63, 3.8) is 0 Å². The summed E-state index contributed by atoms with van der Waals surface area (Å²) in [6, 6.07) is 0.566. The average molecular weight is 224 g/mol. The van der Waals surface area contributed by atoms with Gasteiger partial charge in [-0.2, -0.15) is 0 Å². The highest BCUT2D eigenvalue weighted by Crippen LogP contribution is 2.29. The summed E-state index contributed by atoms with van der Waals surface area (Å²) >= 11 is 0. The van der Waals surface area contributed by atoms with Crippen LogP contribution in [0.3, 0.4) is 0 Å². The minimum atomic E-state index is 0.106. The Morgan fingerprint density at radius 2 is 2.44 bits per heavy atom. The van der Waals surface area contributed by atoms with Crippen molar-refractivity contribution in [2.75, 3.05) is 6.61 Å². The Labute approximate surface area is 95.8 Å². The van der Waals surface area contributed by atoms with Gasteiger partial charge >= 0.3 is 0 Å². The quantitative estimate of drug-likeness (QED) is 0.740. The summed E-state index contributed by atoms with van der Waals surface area (Å²) in [5.41, 5.74) is 0.944. The van der Waals surface area contributed by atoms with Gasteiger partial charge in [0, 0.05) is 18.8 Å². The third-order valence-corrected chi connectivity index (χ3v) is 3.38. The van der Waals surface area contributed by atoms with Crippen LogP contribution >= 0.6 is 0 Å². The summed E-state index contributed by atoms with van der Waals surface area (Å²) in [6.07, 6.45) is 5.97. The van der Waals surface area contributed by atoms with Crippen LogP contribution in [0.1, 0.15) is 31.9 Å². The van der Waals surface area contributed by atoms with E-state index in [2.05, 4.69) is 22.6 Å². The van der Waals surface area contributed by atoms with Crippen molar-refractivity contribution in [1.82, 2.24) is 20.3 Å². The molecule has 0 radical (unpaired) electrons. The lowest BCUT2D eigenvalue weighted by atomic mass is 9.80. The van der Waals surface area contributed by atoms with Crippen molar-refractivity contribution < 1.29 is 5.11 Å². The van der Waals surface area contributed by atoms with Gasteiger partial charge in [0.2, 0.25) is 0 Å². The van der Waals surface area contributed by atoms with E-state index < -0.39 is 0 Å². The number of aliphatic hydroxyl groups is 1. The SMILES string of the molecule is CC(NCc1cn(CCO)nn1)C1CCC1. The van der Waals surface area contributed by atoms with E-state index in [1.807, 2.05) is 6.20 Å². The maximum absolute atomic E-state index is 8.76. The molecule has 0 bridgehead atoms. The topological polar surface area (TPSA) is 63.0 Å². The highest BCUT2D eigenvalue weighted by Gasteiger charge is 2.23. The molecule has 1 heterocycles. The number of rotatable bonds is 6. The fourth-order valence-electron chi connectivity index (χ4n) is 2.00. The van der Waals surface area contributed by atoms with E-state index in [0.29, 0.717) is 12.6 Å². The van der Waals surface area contributed by atoms with Crippen molar-refractivity contribution >= 4 is 0 Å². The molecule has 2 N–H and O–H groups in total. The zero-order valence-corrected chi connectivity index (χ0v) is 9.76. The van der Waals surface area contributed by atoms with Crippen LogP contribution in [0.4, 0.5) is 0 Å². The molecule has 0 amide bonds. The molecule has 5 heteroatoms. The third-order valence-electron chi connectivity index (χ3n) is 3.38. The molecule has 1 atom stereocenters. The normalized spacial score (nSPS) is 18.4. The summed E-state index contributed by atoms with van der Waals surface area (Å²) < 4.78 is 1.67. The summed E-state index contributed by atoms with van der Waals surface area (Å²) in [4.78, 5) is 0. The Morgan fingerprint density at radius 1 is 1.62 bits per heavy atom. The van der Waals surface area contributed by atoms with Gasteiger partial charge in [0.25, 0.3) is 0 Å². The van der Waals surface area contributed by atoms with Gasteiger partial charge in [-0.05, 0) is 25.7 Å². The molecule has 1 aliphatic rings. The maximum Gasteiger partial charge on any atom is 0.0964 e. The first-order valence-corrected chi connectivity index (χ1v) is 6.03. The Hall–Kier alpha value is -0.940. The predicted molar refractivity (Wildman–Crippen MR) is 60.8 cm³/mol. The van der Waals surface area contributed by atoms with Gasteiger partial charge in [0.05, 0.1) is 18.8 Å². The molecule has 0 saturated heterocycles. The van der Waals surface area contributed by atoms with Crippen LogP contribution in [0.15, 0.2) is 6.20 Å². The summed E-state index contributed by atoms with van der Waals surface area (Å²) in [6.45, 7) is 3.63. The Balaban J connectivity index is 1.75. The van der Waals surface area contributed by atoms with Gasteiger partial charge in [-0.25, -0.2) is 4.68 Å². The molecule has 5 nitrogen and oxygen atoms in total.